The van der Waals surface area contributed by atoms with Crippen molar-refractivity contribution in [2.24, 2.45) is 0 Å². The van der Waals surface area contributed by atoms with Crippen molar-refractivity contribution in [2.45, 2.75) is 0 Å². The molecule has 0 aliphatic rings. The molecule has 0 aliphatic carbocycles. The molecule has 0 amide bonds. The van der Waals surface area contributed by atoms with Crippen LogP contribution in [0.5, 0.6) is 0 Å². The van der Waals surface area contributed by atoms with Crippen LogP contribution in [0.2, 0.25) is 0 Å². The van der Waals surface area contributed by atoms with E-state index < -0.39 is 0 Å². The molecule has 0 aromatic carbocycles. The Kier molecular flexibility index (Phi) is 143. The zero-order valence-electron chi connectivity index (χ0n) is 1.66. The number of hydrogen-bond acceptors (Lipinski definition) is 0. The van der Waals surface area contributed by atoms with Crippen LogP contribution in [-0.2, 0) is 53.0 Å². The van der Waals surface area contributed by atoms with Gasteiger partial charge in [-0.15, -0.1) is 0 Å². The maximum atomic E-state index is 0. The van der Waals surface area contributed by atoms with Crippen molar-refractivity contribution in [2.75, 3.05) is 0 Å². The van der Waals surface area contributed by atoms with Gasteiger partial charge >= 0.3 is 0 Å². The summed E-state index contributed by atoms with van der Waals surface area (Å²) in [5.74, 6) is 0. The van der Waals surface area contributed by atoms with Crippen molar-refractivity contribution < 1.29 is 53.0 Å². The van der Waals surface area contributed by atoms with E-state index in [1.165, 1.54) is 0 Å². The molecule has 0 saturated carbocycles. The third-order valence-corrected chi connectivity index (χ3v) is 0. The molecule has 0 rings (SSSR count). The van der Waals surface area contributed by atoms with Gasteiger partial charge in [0, 0.05) is 77.4 Å². The molecule has 0 fully saturated rings. The Balaban J connectivity index is 0. The molecule has 4 heteroatoms. The van der Waals surface area contributed by atoms with Crippen molar-refractivity contribution in [3.05, 3.63) is 0 Å². The molecule has 0 spiro atoms. The molecule has 4 radical (unpaired) electrons. The SMILES string of the molecule is [Cr].[Fe].[Sb].[V]. The van der Waals surface area contributed by atoms with E-state index >= 15 is 0 Å². The van der Waals surface area contributed by atoms with E-state index in [-0.39, 0.29) is 77.4 Å². The van der Waals surface area contributed by atoms with E-state index in [1.54, 1.807) is 0 Å². The molecule has 0 atom stereocenters. The summed E-state index contributed by atoms with van der Waals surface area (Å²) in [5.41, 5.74) is 0. The molecular weight excluding hydrogens is 281 g/mol. The standard InChI is InChI=1S/Cr.Fe.Sb.V. The monoisotopic (exact) mass is 280 g/mol. The molecule has 4 heavy (non-hydrogen) atoms. The van der Waals surface area contributed by atoms with Crippen molar-refractivity contribution in [3.8, 4) is 0 Å². The Morgan fingerprint density at radius 3 is 1.00 bits per heavy atom. The van der Waals surface area contributed by atoms with E-state index in [0.717, 1.165) is 0 Å². The van der Waals surface area contributed by atoms with Gasteiger partial charge in [0.25, 0.3) is 0 Å². The van der Waals surface area contributed by atoms with Crippen molar-refractivity contribution in [3.63, 3.8) is 0 Å². The second kappa shape index (κ2) is 18.0. The Hall–Kier alpha value is 2.45. The van der Waals surface area contributed by atoms with E-state index in [9.17, 15) is 0 Å². The zero-order valence-corrected chi connectivity index (χ0v) is 7.98. The molecule has 0 heterocycles. The summed E-state index contributed by atoms with van der Waals surface area (Å²) in [6, 6.07) is 0. The van der Waals surface area contributed by atoms with Crippen LogP contribution in [-0.4, -0.2) is 24.4 Å². The van der Waals surface area contributed by atoms with Crippen LogP contribution in [0.25, 0.3) is 0 Å². The maximum absolute atomic E-state index is 0. The Bertz CT molecular complexity index is 8.00. The van der Waals surface area contributed by atoms with E-state index in [1.807, 2.05) is 0 Å². The first-order chi connectivity index (χ1) is 0. The molecule has 24 valence electrons. The molecule has 0 saturated heterocycles. The summed E-state index contributed by atoms with van der Waals surface area (Å²) in [6.45, 7) is 0. The maximum Gasteiger partial charge on any atom is 0 e. The van der Waals surface area contributed by atoms with Crippen LogP contribution in [0, 0.1) is 0 Å². The van der Waals surface area contributed by atoms with Crippen molar-refractivity contribution >= 4 is 24.4 Å². The molecule has 0 nitrogen and oxygen atoms in total. The van der Waals surface area contributed by atoms with Gasteiger partial charge in [-0.25, -0.2) is 0 Å². The molecule has 0 unspecified atom stereocenters. The van der Waals surface area contributed by atoms with Gasteiger partial charge in [-0.05, 0) is 0 Å². The van der Waals surface area contributed by atoms with E-state index in [4.69, 9.17) is 0 Å². The second-order valence-corrected chi connectivity index (χ2v) is 0. The Morgan fingerprint density at radius 1 is 1.00 bits per heavy atom. The number of hydrogen-bond donors (Lipinski definition) is 0. The normalized spacial score (nSPS) is 0. The summed E-state index contributed by atoms with van der Waals surface area (Å²) < 4.78 is 0. The van der Waals surface area contributed by atoms with Gasteiger partial charge in [-0.1, -0.05) is 0 Å². The molecule has 0 aromatic rings. The van der Waals surface area contributed by atoms with Gasteiger partial charge in [0.2, 0.25) is 0 Å². The second-order valence-electron chi connectivity index (χ2n) is 0. The molecule has 0 bridgehead atoms. The average molecular weight is 281 g/mol. The van der Waals surface area contributed by atoms with Crippen LogP contribution in [0.3, 0.4) is 0 Å². The van der Waals surface area contributed by atoms with Gasteiger partial charge < -0.3 is 0 Å². The molecule has 0 aromatic heterocycles. The first-order valence-corrected chi connectivity index (χ1v) is 0. The number of rotatable bonds is 0. The fourth-order valence-corrected chi connectivity index (χ4v) is 0. The van der Waals surface area contributed by atoms with Gasteiger partial charge in [0.15, 0.2) is 0 Å². The third kappa shape index (κ3) is 8.82. The van der Waals surface area contributed by atoms with Crippen LogP contribution in [0.15, 0.2) is 0 Å². The zero-order chi connectivity index (χ0) is 0. The van der Waals surface area contributed by atoms with Crippen LogP contribution < -0.4 is 0 Å². The average Bonchev–Trinajstić information content (AvgIpc) is 0. The van der Waals surface area contributed by atoms with Crippen molar-refractivity contribution in [1.29, 1.82) is 0 Å². The first-order valence-electron chi connectivity index (χ1n) is 0. The molecular formula is CrFeSbV. The van der Waals surface area contributed by atoms with Crippen molar-refractivity contribution in [1.82, 2.24) is 0 Å². The Labute approximate surface area is 76.4 Å². The quantitative estimate of drug-likeness (QED) is 0.530. The minimum absolute atomic E-state index is 0. The Morgan fingerprint density at radius 2 is 1.00 bits per heavy atom. The third-order valence-electron chi connectivity index (χ3n) is 0. The minimum Gasteiger partial charge on any atom is 0 e. The summed E-state index contributed by atoms with van der Waals surface area (Å²) in [7, 11) is 0. The van der Waals surface area contributed by atoms with Gasteiger partial charge in [0.1, 0.15) is 0 Å². The summed E-state index contributed by atoms with van der Waals surface area (Å²) >= 11 is 0. The minimum atomic E-state index is 0. The smallest absolute Gasteiger partial charge is 0 e. The topological polar surface area (TPSA) is 0 Å². The van der Waals surface area contributed by atoms with Crippen LogP contribution >= 0.6 is 0 Å². The van der Waals surface area contributed by atoms with Gasteiger partial charge in [-0.3, -0.25) is 0 Å². The predicted molar refractivity (Wildman–Crippen MR) is 5.75 cm³/mol. The van der Waals surface area contributed by atoms with E-state index in [0.29, 0.717) is 0 Å². The predicted octanol–water partition coefficient (Wildman–Crippen LogP) is -0.388. The fraction of sp³-hybridized carbons (Fsp3) is 0. The largest absolute Gasteiger partial charge is 0 e. The summed E-state index contributed by atoms with van der Waals surface area (Å²) in [6.07, 6.45) is 0. The van der Waals surface area contributed by atoms with Gasteiger partial charge in [0.05, 0.1) is 0 Å². The van der Waals surface area contributed by atoms with E-state index in [2.05, 4.69) is 0 Å². The molecule has 0 N–H and O–H groups in total. The fourth-order valence-electron chi connectivity index (χ4n) is 0. The first kappa shape index (κ1) is 31.9. The summed E-state index contributed by atoms with van der Waals surface area (Å²) in [5, 5.41) is 0. The van der Waals surface area contributed by atoms with Crippen LogP contribution in [0.1, 0.15) is 0 Å². The van der Waals surface area contributed by atoms with Crippen LogP contribution in [0.4, 0.5) is 0 Å². The summed E-state index contributed by atoms with van der Waals surface area (Å²) in [4.78, 5) is 0. The van der Waals surface area contributed by atoms with Gasteiger partial charge in [-0.2, -0.15) is 0 Å². The molecule has 0 aliphatic heterocycles.